The summed E-state index contributed by atoms with van der Waals surface area (Å²) in [6.07, 6.45) is 0.00457. The van der Waals surface area contributed by atoms with Crippen LogP contribution in [0.2, 0.25) is 0 Å². The molecule has 0 unspecified atom stereocenters. The summed E-state index contributed by atoms with van der Waals surface area (Å²) >= 11 is 0. The number of hydrogen-bond acceptors (Lipinski definition) is 5. The fourth-order valence-corrected chi connectivity index (χ4v) is 2.95. The summed E-state index contributed by atoms with van der Waals surface area (Å²) in [5.41, 5.74) is 2.62. The van der Waals surface area contributed by atoms with Gasteiger partial charge in [-0.25, -0.2) is 9.97 Å². The Balaban J connectivity index is 1.89. The first-order chi connectivity index (χ1) is 14.0. The molecule has 1 N–H and O–H groups in total. The maximum atomic E-state index is 12.9. The zero-order valence-electron chi connectivity index (χ0n) is 17.2. The number of hydrogen-bond donors (Lipinski definition) is 1. The highest BCUT2D eigenvalue weighted by molar-refractivity contribution is 6.04. The van der Waals surface area contributed by atoms with Gasteiger partial charge in [0.25, 0.3) is 5.91 Å². The van der Waals surface area contributed by atoms with Crippen LogP contribution in [0, 0.1) is 6.92 Å². The molecule has 6 nitrogen and oxygen atoms in total. The molecule has 150 valence electrons. The summed E-state index contributed by atoms with van der Waals surface area (Å²) in [6, 6.07) is 18.9. The van der Waals surface area contributed by atoms with Crippen molar-refractivity contribution in [3.8, 4) is 5.75 Å². The van der Waals surface area contributed by atoms with E-state index in [0.717, 1.165) is 11.4 Å². The monoisotopic (exact) mass is 390 g/mol. The van der Waals surface area contributed by atoms with E-state index in [1.807, 2.05) is 87.2 Å². The van der Waals surface area contributed by atoms with Crippen LogP contribution in [0.15, 0.2) is 60.7 Å². The summed E-state index contributed by atoms with van der Waals surface area (Å²) in [5, 5.41) is 2.91. The number of para-hydroxylation sites is 3. The van der Waals surface area contributed by atoms with E-state index in [0.29, 0.717) is 29.6 Å². The lowest BCUT2D eigenvalue weighted by molar-refractivity contribution is 0.102. The number of aryl methyl sites for hydroxylation is 1. The SMILES string of the molecule is CCN(c1ccccc1)c1nc(C)cc(C(=O)Nc2ccccc2OC(C)C)n1. The molecule has 3 aromatic rings. The van der Waals surface area contributed by atoms with Gasteiger partial charge in [0.1, 0.15) is 11.4 Å². The van der Waals surface area contributed by atoms with E-state index in [4.69, 9.17) is 4.74 Å². The standard InChI is InChI=1S/C23H26N4O2/c1-5-27(18-11-7-6-8-12-18)23-24-17(4)15-20(26-23)22(28)25-19-13-9-10-14-21(19)29-16(2)3/h6-16H,5H2,1-4H3,(H,25,28). The predicted molar refractivity (Wildman–Crippen MR) is 116 cm³/mol. The molecule has 0 aliphatic carbocycles. The van der Waals surface area contributed by atoms with Crippen LogP contribution in [0.1, 0.15) is 37.0 Å². The number of amides is 1. The molecule has 0 bridgehead atoms. The Morgan fingerprint density at radius 1 is 1.07 bits per heavy atom. The van der Waals surface area contributed by atoms with Crippen molar-refractivity contribution in [2.75, 3.05) is 16.8 Å². The van der Waals surface area contributed by atoms with Crippen LogP contribution in [-0.2, 0) is 0 Å². The highest BCUT2D eigenvalue weighted by Gasteiger charge is 2.17. The molecule has 0 spiro atoms. The second kappa shape index (κ2) is 9.19. The number of carbonyl (C=O) groups is 1. The number of benzene rings is 2. The molecular formula is C23H26N4O2. The highest BCUT2D eigenvalue weighted by Crippen LogP contribution is 2.26. The van der Waals surface area contributed by atoms with E-state index >= 15 is 0 Å². The van der Waals surface area contributed by atoms with Crippen LogP contribution in [0.5, 0.6) is 5.75 Å². The largest absolute Gasteiger partial charge is 0.489 e. The highest BCUT2D eigenvalue weighted by atomic mass is 16.5. The number of ether oxygens (including phenoxy) is 1. The molecule has 29 heavy (non-hydrogen) atoms. The minimum absolute atomic E-state index is 0.00457. The quantitative estimate of drug-likeness (QED) is 0.616. The molecule has 2 aromatic carbocycles. The predicted octanol–water partition coefficient (Wildman–Crippen LogP) is 4.98. The topological polar surface area (TPSA) is 67.4 Å². The smallest absolute Gasteiger partial charge is 0.274 e. The average Bonchev–Trinajstić information content (AvgIpc) is 2.70. The minimum Gasteiger partial charge on any atom is -0.489 e. The first kappa shape index (κ1) is 20.3. The third-order valence-corrected chi connectivity index (χ3v) is 4.20. The van der Waals surface area contributed by atoms with E-state index < -0.39 is 0 Å². The fraction of sp³-hybridized carbons (Fsp3) is 0.261. The lowest BCUT2D eigenvalue weighted by Crippen LogP contribution is -2.22. The van der Waals surface area contributed by atoms with Gasteiger partial charge in [0.2, 0.25) is 5.95 Å². The van der Waals surface area contributed by atoms with E-state index in [2.05, 4.69) is 15.3 Å². The van der Waals surface area contributed by atoms with E-state index in [1.165, 1.54) is 0 Å². The van der Waals surface area contributed by atoms with Crippen molar-refractivity contribution >= 4 is 23.2 Å². The summed E-state index contributed by atoms with van der Waals surface area (Å²) in [7, 11) is 0. The summed E-state index contributed by atoms with van der Waals surface area (Å²) in [5.74, 6) is 0.817. The fourth-order valence-electron chi connectivity index (χ4n) is 2.95. The number of carbonyl (C=O) groups excluding carboxylic acids is 1. The van der Waals surface area contributed by atoms with Crippen LogP contribution < -0.4 is 15.0 Å². The van der Waals surface area contributed by atoms with Gasteiger partial charge in [0.15, 0.2) is 0 Å². The lowest BCUT2D eigenvalue weighted by atomic mass is 10.2. The van der Waals surface area contributed by atoms with Crippen LogP contribution in [0.3, 0.4) is 0 Å². The van der Waals surface area contributed by atoms with Crippen LogP contribution >= 0.6 is 0 Å². The van der Waals surface area contributed by atoms with Crippen LogP contribution in [0.4, 0.5) is 17.3 Å². The summed E-state index contributed by atoms with van der Waals surface area (Å²) in [6.45, 7) is 8.46. The van der Waals surface area contributed by atoms with Crippen molar-refractivity contribution in [2.24, 2.45) is 0 Å². The Kier molecular flexibility index (Phi) is 6.44. The Morgan fingerprint density at radius 3 is 2.45 bits per heavy atom. The molecule has 0 saturated heterocycles. The number of anilines is 3. The molecule has 1 aromatic heterocycles. The molecule has 0 aliphatic rings. The van der Waals surface area contributed by atoms with Gasteiger partial charge in [-0.1, -0.05) is 30.3 Å². The van der Waals surface area contributed by atoms with E-state index in [1.54, 1.807) is 6.07 Å². The zero-order chi connectivity index (χ0) is 20.8. The van der Waals surface area contributed by atoms with Crippen molar-refractivity contribution in [3.63, 3.8) is 0 Å². The number of rotatable bonds is 7. The van der Waals surface area contributed by atoms with Gasteiger partial charge >= 0.3 is 0 Å². The van der Waals surface area contributed by atoms with Gasteiger partial charge in [-0.3, -0.25) is 4.79 Å². The van der Waals surface area contributed by atoms with Gasteiger partial charge in [0.05, 0.1) is 11.8 Å². The molecule has 0 atom stereocenters. The molecule has 0 fully saturated rings. The number of nitrogens with zero attached hydrogens (tertiary/aromatic N) is 3. The molecule has 6 heteroatoms. The third-order valence-electron chi connectivity index (χ3n) is 4.20. The average molecular weight is 390 g/mol. The zero-order valence-corrected chi connectivity index (χ0v) is 17.2. The molecule has 0 aliphatic heterocycles. The molecule has 1 amide bonds. The second-order valence-corrected chi connectivity index (χ2v) is 6.89. The Morgan fingerprint density at radius 2 is 1.76 bits per heavy atom. The minimum atomic E-state index is -0.305. The second-order valence-electron chi connectivity index (χ2n) is 6.89. The number of nitrogens with one attached hydrogen (secondary N) is 1. The van der Waals surface area contributed by atoms with Gasteiger partial charge in [-0.15, -0.1) is 0 Å². The Bertz CT molecular complexity index is 974. The molecule has 1 heterocycles. The van der Waals surface area contributed by atoms with Crippen molar-refractivity contribution in [1.29, 1.82) is 0 Å². The maximum absolute atomic E-state index is 12.9. The summed E-state index contributed by atoms with van der Waals surface area (Å²) < 4.78 is 5.79. The number of aromatic nitrogens is 2. The van der Waals surface area contributed by atoms with Crippen molar-refractivity contribution in [1.82, 2.24) is 9.97 Å². The Labute approximate surface area is 171 Å². The van der Waals surface area contributed by atoms with Crippen LogP contribution in [-0.4, -0.2) is 28.5 Å². The van der Waals surface area contributed by atoms with Crippen LogP contribution in [0.25, 0.3) is 0 Å². The molecule has 3 rings (SSSR count). The van der Waals surface area contributed by atoms with Crippen molar-refractivity contribution in [2.45, 2.75) is 33.8 Å². The van der Waals surface area contributed by atoms with Gasteiger partial charge in [-0.2, -0.15) is 0 Å². The van der Waals surface area contributed by atoms with Gasteiger partial charge in [0, 0.05) is 17.9 Å². The van der Waals surface area contributed by atoms with Gasteiger partial charge in [-0.05, 0) is 58.0 Å². The third kappa shape index (κ3) is 5.10. The molecular weight excluding hydrogens is 364 g/mol. The molecule has 0 saturated carbocycles. The first-order valence-corrected chi connectivity index (χ1v) is 9.73. The van der Waals surface area contributed by atoms with E-state index in [9.17, 15) is 4.79 Å². The van der Waals surface area contributed by atoms with Crippen molar-refractivity contribution in [3.05, 3.63) is 72.1 Å². The molecule has 0 radical (unpaired) electrons. The van der Waals surface area contributed by atoms with Crippen molar-refractivity contribution < 1.29 is 9.53 Å². The van der Waals surface area contributed by atoms with E-state index in [-0.39, 0.29) is 12.0 Å². The maximum Gasteiger partial charge on any atom is 0.274 e. The first-order valence-electron chi connectivity index (χ1n) is 9.73. The van der Waals surface area contributed by atoms with Gasteiger partial charge < -0.3 is 15.0 Å². The Hall–Kier alpha value is -3.41. The summed E-state index contributed by atoms with van der Waals surface area (Å²) in [4.78, 5) is 24.0. The lowest BCUT2D eigenvalue weighted by Gasteiger charge is -2.21. The normalized spacial score (nSPS) is 10.7.